The molecule has 0 spiro atoms. The quantitative estimate of drug-likeness (QED) is 0.763. The van der Waals surface area contributed by atoms with Crippen LogP contribution in [-0.4, -0.2) is 22.5 Å². The van der Waals surface area contributed by atoms with Crippen LogP contribution in [0.5, 0.6) is 5.75 Å². The van der Waals surface area contributed by atoms with Gasteiger partial charge in [-0.05, 0) is 24.3 Å². The van der Waals surface area contributed by atoms with Crippen LogP contribution in [-0.2, 0) is 0 Å². The SMILES string of the molecule is O=C(N[C@@H]1CCOc2ccccc21)c1ccc2nc[nH]c2c1. The number of benzene rings is 2. The van der Waals surface area contributed by atoms with Crippen LogP contribution in [0.1, 0.15) is 28.4 Å². The number of nitrogens with zero attached hydrogens (tertiary/aromatic N) is 1. The van der Waals surface area contributed by atoms with Gasteiger partial charge in [-0.2, -0.15) is 0 Å². The molecule has 1 aliphatic heterocycles. The Morgan fingerprint density at radius 3 is 3.14 bits per heavy atom. The smallest absolute Gasteiger partial charge is 0.251 e. The number of imidazole rings is 1. The van der Waals surface area contributed by atoms with E-state index >= 15 is 0 Å². The molecule has 2 heterocycles. The predicted octanol–water partition coefficient (Wildman–Crippen LogP) is 2.82. The lowest BCUT2D eigenvalue weighted by molar-refractivity contribution is 0.0925. The van der Waals surface area contributed by atoms with E-state index in [0.29, 0.717) is 12.2 Å². The number of carbonyl (C=O) groups is 1. The highest BCUT2D eigenvalue weighted by Crippen LogP contribution is 2.31. The largest absolute Gasteiger partial charge is 0.493 e. The molecular formula is C17H15N3O2. The zero-order valence-electron chi connectivity index (χ0n) is 11.9. The second-order valence-electron chi connectivity index (χ2n) is 5.34. The summed E-state index contributed by atoms with van der Waals surface area (Å²) in [7, 11) is 0. The minimum absolute atomic E-state index is 0.0186. The molecule has 5 heteroatoms. The minimum atomic E-state index is -0.0850. The second kappa shape index (κ2) is 5.18. The first-order valence-electron chi connectivity index (χ1n) is 7.27. The number of rotatable bonds is 2. The van der Waals surface area contributed by atoms with Crippen molar-refractivity contribution in [3.05, 3.63) is 59.9 Å². The fourth-order valence-corrected chi connectivity index (χ4v) is 2.81. The van der Waals surface area contributed by atoms with Gasteiger partial charge < -0.3 is 15.0 Å². The van der Waals surface area contributed by atoms with Gasteiger partial charge in [-0.1, -0.05) is 18.2 Å². The van der Waals surface area contributed by atoms with Crippen molar-refractivity contribution in [3.8, 4) is 5.75 Å². The van der Waals surface area contributed by atoms with Gasteiger partial charge in [0.15, 0.2) is 0 Å². The number of H-pyrrole nitrogens is 1. The predicted molar refractivity (Wildman–Crippen MR) is 82.9 cm³/mol. The first kappa shape index (κ1) is 12.9. The van der Waals surface area contributed by atoms with Crippen molar-refractivity contribution in [1.82, 2.24) is 15.3 Å². The van der Waals surface area contributed by atoms with E-state index in [1.54, 1.807) is 12.4 Å². The third kappa shape index (κ3) is 2.20. The Morgan fingerprint density at radius 2 is 2.18 bits per heavy atom. The number of hydrogen-bond donors (Lipinski definition) is 2. The monoisotopic (exact) mass is 293 g/mol. The molecule has 0 saturated carbocycles. The standard InChI is InChI=1S/C17H15N3O2/c21-17(11-5-6-14-15(9-11)19-10-18-14)20-13-7-8-22-16-4-2-1-3-12(13)16/h1-6,9-10,13H,7-8H2,(H,18,19)(H,20,21)/t13-/m1/s1. The van der Waals surface area contributed by atoms with Crippen LogP contribution < -0.4 is 10.1 Å². The highest BCUT2D eigenvalue weighted by Gasteiger charge is 2.23. The van der Waals surface area contributed by atoms with Gasteiger partial charge in [-0.15, -0.1) is 0 Å². The molecule has 0 saturated heterocycles. The molecule has 110 valence electrons. The fraction of sp³-hybridized carbons (Fsp3) is 0.176. The molecule has 0 radical (unpaired) electrons. The Balaban J connectivity index is 1.59. The summed E-state index contributed by atoms with van der Waals surface area (Å²) in [6.45, 7) is 0.613. The topological polar surface area (TPSA) is 67.0 Å². The van der Waals surface area contributed by atoms with Crippen molar-refractivity contribution in [1.29, 1.82) is 0 Å². The van der Waals surface area contributed by atoms with E-state index in [4.69, 9.17) is 4.74 Å². The number of para-hydroxylation sites is 1. The number of amides is 1. The van der Waals surface area contributed by atoms with Gasteiger partial charge in [0.05, 0.1) is 30.0 Å². The van der Waals surface area contributed by atoms with E-state index in [1.807, 2.05) is 36.4 Å². The summed E-state index contributed by atoms with van der Waals surface area (Å²) in [6.07, 6.45) is 2.40. The number of hydrogen-bond acceptors (Lipinski definition) is 3. The molecule has 0 aliphatic carbocycles. The molecule has 1 aliphatic rings. The fourth-order valence-electron chi connectivity index (χ4n) is 2.81. The number of carbonyl (C=O) groups excluding carboxylic acids is 1. The Bertz CT molecular complexity index is 841. The zero-order valence-corrected chi connectivity index (χ0v) is 11.9. The lowest BCUT2D eigenvalue weighted by Gasteiger charge is -2.26. The molecule has 2 aromatic carbocycles. The Morgan fingerprint density at radius 1 is 1.27 bits per heavy atom. The van der Waals surface area contributed by atoms with E-state index in [0.717, 1.165) is 28.8 Å². The Kier molecular flexibility index (Phi) is 3.04. The van der Waals surface area contributed by atoms with Gasteiger partial charge in [0.25, 0.3) is 5.91 Å². The third-order valence-electron chi connectivity index (χ3n) is 3.95. The molecule has 4 rings (SSSR count). The maximum absolute atomic E-state index is 12.5. The first-order valence-corrected chi connectivity index (χ1v) is 7.27. The van der Waals surface area contributed by atoms with Gasteiger partial charge in [0, 0.05) is 17.5 Å². The second-order valence-corrected chi connectivity index (χ2v) is 5.34. The normalized spacial score (nSPS) is 16.8. The van der Waals surface area contributed by atoms with Crippen LogP contribution in [0.25, 0.3) is 11.0 Å². The molecule has 3 aromatic rings. The molecule has 1 amide bonds. The Hall–Kier alpha value is -2.82. The number of ether oxygens (including phenoxy) is 1. The van der Waals surface area contributed by atoms with Gasteiger partial charge >= 0.3 is 0 Å². The van der Waals surface area contributed by atoms with Crippen molar-refractivity contribution < 1.29 is 9.53 Å². The molecule has 0 unspecified atom stereocenters. The molecule has 0 bridgehead atoms. The van der Waals surface area contributed by atoms with Gasteiger partial charge in [-0.3, -0.25) is 4.79 Å². The van der Waals surface area contributed by atoms with Crippen LogP contribution in [0.2, 0.25) is 0 Å². The van der Waals surface area contributed by atoms with Crippen molar-refractivity contribution in [2.75, 3.05) is 6.61 Å². The summed E-state index contributed by atoms with van der Waals surface area (Å²) in [5, 5.41) is 3.10. The van der Waals surface area contributed by atoms with Crippen LogP contribution in [0.3, 0.4) is 0 Å². The molecular weight excluding hydrogens is 278 g/mol. The summed E-state index contributed by atoms with van der Waals surface area (Å²) >= 11 is 0. The minimum Gasteiger partial charge on any atom is -0.493 e. The summed E-state index contributed by atoms with van der Waals surface area (Å²) < 4.78 is 5.62. The van der Waals surface area contributed by atoms with E-state index in [9.17, 15) is 4.79 Å². The van der Waals surface area contributed by atoms with E-state index in [2.05, 4.69) is 15.3 Å². The maximum atomic E-state index is 12.5. The number of aromatic nitrogens is 2. The summed E-state index contributed by atoms with van der Waals surface area (Å²) in [5.41, 5.74) is 3.37. The van der Waals surface area contributed by atoms with Crippen LogP contribution in [0.4, 0.5) is 0 Å². The molecule has 22 heavy (non-hydrogen) atoms. The highest BCUT2D eigenvalue weighted by atomic mass is 16.5. The van der Waals surface area contributed by atoms with Crippen LogP contribution in [0, 0.1) is 0 Å². The average molecular weight is 293 g/mol. The van der Waals surface area contributed by atoms with Crippen LogP contribution >= 0.6 is 0 Å². The van der Waals surface area contributed by atoms with Crippen molar-refractivity contribution in [3.63, 3.8) is 0 Å². The Labute approximate surface area is 127 Å². The van der Waals surface area contributed by atoms with E-state index < -0.39 is 0 Å². The molecule has 0 fully saturated rings. The van der Waals surface area contributed by atoms with E-state index in [1.165, 1.54) is 0 Å². The van der Waals surface area contributed by atoms with Gasteiger partial charge in [-0.25, -0.2) is 4.98 Å². The molecule has 2 N–H and O–H groups in total. The van der Waals surface area contributed by atoms with Crippen molar-refractivity contribution in [2.24, 2.45) is 0 Å². The number of fused-ring (bicyclic) bond motifs is 2. The highest BCUT2D eigenvalue weighted by molar-refractivity contribution is 5.97. The molecule has 1 atom stereocenters. The summed E-state index contributed by atoms with van der Waals surface area (Å²) in [4.78, 5) is 19.7. The van der Waals surface area contributed by atoms with Gasteiger partial charge in [0.1, 0.15) is 5.75 Å². The summed E-state index contributed by atoms with van der Waals surface area (Å²) in [5.74, 6) is 0.765. The number of aromatic amines is 1. The summed E-state index contributed by atoms with van der Waals surface area (Å²) in [6, 6.07) is 13.3. The van der Waals surface area contributed by atoms with Crippen LogP contribution in [0.15, 0.2) is 48.8 Å². The average Bonchev–Trinajstić information content (AvgIpc) is 3.02. The van der Waals surface area contributed by atoms with Crippen molar-refractivity contribution in [2.45, 2.75) is 12.5 Å². The van der Waals surface area contributed by atoms with Crippen molar-refractivity contribution >= 4 is 16.9 Å². The third-order valence-corrected chi connectivity index (χ3v) is 3.95. The lowest BCUT2D eigenvalue weighted by atomic mass is 10.00. The lowest BCUT2D eigenvalue weighted by Crippen LogP contribution is -2.32. The first-order chi connectivity index (χ1) is 10.8. The zero-order chi connectivity index (χ0) is 14.9. The van der Waals surface area contributed by atoms with E-state index in [-0.39, 0.29) is 11.9 Å². The number of nitrogens with one attached hydrogen (secondary N) is 2. The molecule has 1 aromatic heterocycles. The molecule has 5 nitrogen and oxygen atoms in total. The van der Waals surface area contributed by atoms with Gasteiger partial charge in [0.2, 0.25) is 0 Å². The maximum Gasteiger partial charge on any atom is 0.251 e.